The summed E-state index contributed by atoms with van der Waals surface area (Å²) in [6.45, 7) is 0. The molecule has 0 spiro atoms. The molecule has 0 saturated heterocycles. The van der Waals surface area contributed by atoms with Crippen molar-refractivity contribution < 1.29 is 35.1 Å². The Morgan fingerprint density at radius 2 is 0.704 bits per heavy atom. The molecular formula is C19H14F8. The van der Waals surface area contributed by atoms with Crippen molar-refractivity contribution in [2.45, 2.75) is 18.3 Å². The average Bonchev–Trinajstić information content (AvgIpc) is 2.43. The molecule has 8 heteroatoms. The van der Waals surface area contributed by atoms with Crippen molar-refractivity contribution in [2.24, 2.45) is 0 Å². The molecule has 0 N–H and O–H groups in total. The van der Waals surface area contributed by atoms with Gasteiger partial charge in [-0.2, -0.15) is 35.1 Å². The number of hydrogen-bond donors (Lipinski definition) is 0. The predicted molar refractivity (Wildman–Crippen MR) is 88.1 cm³/mol. The summed E-state index contributed by atoms with van der Waals surface area (Å²) in [5.41, 5.74) is -4.16. The Kier molecular flexibility index (Phi) is 7.75. The molecule has 27 heavy (non-hydrogen) atoms. The van der Waals surface area contributed by atoms with E-state index >= 15 is 0 Å². The van der Waals surface area contributed by atoms with E-state index in [2.05, 4.69) is 0 Å². The Morgan fingerprint density at radius 3 is 1.00 bits per heavy atom. The average molecular weight is 394 g/mol. The van der Waals surface area contributed by atoms with Crippen LogP contribution in [-0.4, -0.2) is 18.3 Å². The third-order valence-corrected chi connectivity index (χ3v) is 3.04. The van der Waals surface area contributed by atoms with Gasteiger partial charge in [0.05, 0.1) is 5.57 Å². The number of halogens is 8. The minimum Gasteiger partial charge on any atom is -0.191 e. The standard InChI is InChI=1S/C11H6F8.C8H8/c12-9(13,11(17,18)19)7-5-3-1-2-4-6-8(7)10(14,15)16;1-2-4-6-8-7-5-3-1/h1-6H;1-8H. The first-order chi connectivity index (χ1) is 12.5. The third kappa shape index (κ3) is 6.88. The molecule has 2 aliphatic carbocycles. The molecule has 0 radical (unpaired) electrons. The van der Waals surface area contributed by atoms with Crippen LogP contribution in [0.4, 0.5) is 35.1 Å². The van der Waals surface area contributed by atoms with Gasteiger partial charge >= 0.3 is 18.3 Å². The molecule has 0 bridgehead atoms. The molecule has 2 rings (SSSR count). The van der Waals surface area contributed by atoms with Crippen LogP contribution in [0.2, 0.25) is 0 Å². The fourth-order valence-corrected chi connectivity index (χ4v) is 1.80. The maximum atomic E-state index is 13.1. The van der Waals surface area contributed by atoms with Crippen molar-refractivity contribution in [3.63, 3.8) is 0 Å². The van der Waals surface area contributed by atoms with E-state index in [1.807, 2.05) is 48.6 Å². The Morgan fingerprint density at radius 1 is 0.407 bits per heavy atom. The second kappa shape index (κ2) is 9.34. The fourth-order valence-electron chi connectivity index (χ4n) is 1.80. The lowest BCUT2D eigenvalue weighted by Crippen LogP contribution is -2.39. The third-order valence-electron chi connectivity index (χ3n) is 3.04. The molecule has 0 aromatic carbocycles. The summed E-state index contributed by atoms with van der Waals surface area (Å²) in [6.07, 6.45) is 8.38. The van der Waals surface area contributed by atoms with Crippen molar-refractivity contribution in [1.82, 2.24) is 0 Å². The highest BCUT2D eigenvalue weighted by molar-refractivity contribution is 5.45. The van der Waals surface area contributed by atoms with E-state index in [0.717, 1.165) is 18.2 Å². The molecule has 0 fully saturated rings. The summed E-state index contributed by atoms with van der Waals surface area (Å²) in [6, 6.07) is 0. The van der Waals surface area contributed by atoms with Gasteiger partial charge in [-0.3, -0.25) is 0 Å². The molecule has 0 aliphatic heterocycles. The van der Waals surface area contributed by atoms with Gasteiger partial charge in [0.2, 0.25) is 0 Å². The zero-order valence-electron chi connectivity index (χ0n) is 13.6. The van der Waals surface area contributed by atoms with Crippen LogP contribution in [0.1, 0.15) is 0 Å². The monoisotopic (exact) mass is 394 g/mol. The van der Waals surface area contributed by atoms with Gasteiger partial charge in [0.1, 0.15) is 0 Å². The van der Waals surface area contributed by atoms with Gasteiger partial charge in [0, 0.05) is 5.57 Å². The molecule has 0 saturated carbocycles. The summed E-state index contributed by atoms with van der Waals surface area (Å²) >= 11 is 0. The maximum absolute atomic E-state index is 13.1. The quantitative estimate of drug-likeness (QED) is 0.422. The van der Waals surface area contributed by atoms with Gasteiger partial charge in [-0.1, -0.05) is 79.0 Å². The second-order valence-corrected chi connectivity index (χ2v) is 5.04. The van der Waals surface area contributed by atoms with Crippen molar-refractivity contribution in [3.8, 4) is 0 Å². The van der Waals surface area contributed by atoms with E-state index in [1.165, 1.54) is 0 Å². The van der Waals surface area contributed by atoms with Crippen molar-refractivity contribution >= 4 is 0 Å². The maximum Gasteiger partial charge on any atom is 0.458 e. The molecule has 0 aromatic rings. The summed E-state index contributed by atoms with van der Waals surface area (Å²) in [5.74, 6) is -5.59. The molecule has 0 atom stereocenters. The molecule has 0 amide bonds. The largest absolute Gasteiger partial charge is 0.458 e. The number of rotatable bonds is 1. The van der Waals surface area contributed by atoms with E-state index in [-0.39, 0.29) is 12.2 Å². The van der Waals surface area contributed by atoms with Crippen molar-refractivity contribution in [1.29, 1.82) is 0 Å². The molecule has 146 valence electrons. The summed E-state index contributed by atoms with van der Waals surface area (Å²) < 4.78 is 100. The van der Waals surface area contributed by atoms with Crippen LogP contribution in [-0.2, 0) is 0 Å². The van der Waals surface area contributed by atoms with Gasteiger partial charge in [-0.15, -0.1) is 0 Å². The van der Waals surface area contributed by atoms with Crippen LogP contribution >= 0.6 is 0 Å². The van der Waals surface area contributed by atoms with E-state index in [4.69, 9.17) is 0 Å². The minimum absolute atomic E-state index is 0.107. The number of allylic oxidation sites excluding steroid dienone is 16. The van der Waals surface area contributed by atoms with Crippen LogP contribution in [0.15, 0.2) is 96.2 Å². The highest BCUT2D eigenvalue weighted by atomic mass is 19.4. The lowest BCUT2D eigenvalue weighted by atomic mass is 9.98. The Labute approximate surface area is 150 Å². The molecular weight excluding hydrogens is 380 g/mol. The lowest BCUT2D eigenvalue weighted by Gasteiger charge is -2.24. The van der Waals surface area contributed by atoms with E-state index in [0.29, 0.717) is 6.08 Å². The minimum atomic E-state index is -6.11. The number of alkyl halides is 8. The zero-order valence-corrected chi connectivity index (χ0v) is 13.6. The Hall–Kier alpha value is -2.64. The van der Waals surface area contributed by atoms with Gasteiger partial charge in [0.15, 0.2) is 0 Å². The fraction of sp³-hybridized carbons (Fsp3) is 0.158. The molecule has 0 unspecified atom stereocenters. The van der Waals surface area contributed by atoms with Crippen molar-refractivity contribution in [2.75, 3.05) is 0 Å². The molecule has 0 aromatic heterocycles. The molecule has 0 heterocycles. The van der Waals surface area contributed by atoms with Crippen LogP contribution in [0.3, 0.4) is 0 Å². The van der Waals surface area contributed by atoms with Gasteiger partial charge in [-0.05, 0) is 6.08 Å². The first-order valence-electron chi connectivity index (χ1n) is 7.42. The highest BCUT2D eigenvalue weighted by Gasteiger charge is 2.61. The smallest absolute Gasteiger partial charge is 0.191 e. The second-order valence-electron chi connectivity index (χ2n) is 5.04. The van der Waals surface area contributed by atoms with Gasteiger partial charge in [0.25, 0.3) is 0 Å². The van der Waals surface area contributed by atoms with Crippen LogP contribution < -0.4 is 0 Å². The summed E-state index contributed by atoms with van der Waals surface area (Å²) in [7, 11) is 0. The molecule has 2 aliphatic rings. The lowest BCUT2D eigenvalue weighted by molar-refractivity contribution is -0.263. The summed E-state index contributed by atoms with van der Waals surface area (Å²) in [5, 5.41) is 0. The normalized spacial score (nSPS) is 17.2. The predicted octanol–water partition coefficient (Wildman–Crippen LogP) is 6.95. The van der Waals surface area contributed by atoms with Crippen LogP contribution in [0.25, 0.3) is 0 Å². The van der Waals surface area contributed by atoms with E-state index in [9.17, 15) is 35.1 Å². The van der Waals surface area contributed by atoms with E-state index < -0.39 is 29.4 Å². The Bertz CT molecular complexity index is 677. The van der Waals surface area contributed by atoms with E-state index in [1.54, 1.807) is 0 Å². The summed E-state index contributed by atoms with van der Waals surface area (Å²) in [4.78, 5) is 0. The first-order valence-corrected chi connectivity index (χ1v) is 7.42. The highest BCUT2D eigenvalue weighted by Crippen LogP contribution is 2.45. The van der Waals surface area contributed by atoms with Crippen molar-refractivity contribution in [3.05, 3.63) is 96.2 Å². The van der Waals surface area contributed by atoms with Gasteiger partial charge in [-0.25, -0.2) is 0 Å². The molecule has 0 nitrogen and oxygen atoms in total. The Balaban J connectivity index is 0.000000377. The van der Waals surface area contributed by atoms with Crippen LogP contribution in [0.5, 0.6) is 0 Å². The van der Waals surface area contributed by atoms with Crippen LogP contribution in [0, 0.1) is 0 Å². The zero-order chi connectivity index (χ0) is 20.6. The first kappa shape index (κ1) is 22.4. The van der Waals surface area contributed by atoms with Gasteiger partial charge < -0.3 is 0 Å². The number of hydrogen-bond acceptors (Lipinski definition) is 0. The SMILES string of the molecule is C1=CC=CC=CC=C1.FC(F)(F)C1=C(C(F)(F)C(F)(F)F)C=CC=CC=C1. The topological polar surface area (TPSA) is 0 Å².